The third-order valence-electron chi connectivity index (χ3n) is 4.72. The molecule has 0 bridgehead atoms. The Bertz CT molecular complexity index is 710. The highest BCUT2D eigenvalue weighted by Crippen LogP contribution is 2.40. The van der Waals surface area contributed by atoms with Crippen molar-refractivity contribution in [2.24, 2.45) is 0 Å². The highest BCUT2D eigenvalue weighted by atomic mass is 79.9. The normalized spacial score (nSPS) is 13.3. The fourth-order valence-electron chi connectivity index (χ4n) is 3.46. The summed E-state index contributed by atoms with van der Waals surface area (Å²) in [5.74, 6) is 0.162. The van der Waals surface area contributed by atoms with E-state index in [0.29, 0.717) is 0 Å². The molecular weight excluding hydrogens is 350 g/mol. The van der Waals surface area contributed by atoms with Crippen LogP contribution < -0.4 is 4.90 Å². The Kier molecular flexibility index (Phi) is 5.37. The van der Waals surface area contributed by atoms with Crippen LogP contribution in [0.15, 0.2) is 34.8 Å². The van der Waals surface area contributed by atoms with Gasteiger partial charge < -0.3 is 4.90 Å². The topological polar surface area (TPSA) is 20.3 Å². The molecule has 3 rings (SSSR count). The molecule has 2 aromatic rings. The molecule has 0 saturated heterocycles. The molecule has 0 atom stereocenters. The number of carbonyl (C=O) groups excluding carboxylic acids is 1. The molecule has 0 saturated carbocycles. The predicted molar refractivity (Wildman–Crippen MR) is 101 cm³/mol. The zero-order valence-electron chi connectivity index (χ0n) is 13.8. The van der Waals surface area contributed by atoms with Gasteiger partial charge in [-0.15, -0.1) is 0 Å². The molecule has 0 unspecified atom stereocenters. The molecular formula is C20H24BrNO. The van der Waals surface area contributed by atoms with E-state index in [-0.39, 0.29) is 5.91 Å². The molecule has 0 fully saturated rings. The lowest BCUT2D eigenvalue weighted by Gasteiger charge is -2.17. The van der Waals surface area contributed by atoms with Gasteiger partial charge in [-0.25, -0.2) is 0 Å². The summed E-state index contributed by atoms with van der Waals surface area (Å²) in [6.45, 7) is 3.08. The zero-order chi connectivity index (χ0) is 16.2. The van der Waals surface area contributed by atoms with Crippen molar-refractivity contribution in [3.63, 3.8) is 0 Å². The standard InChI is InChI=1S/C20H24BrNO/c1-2-3-4-5-6-7-8-14-22-18-13-12-17(21)15-10-9-11-16(19(15)18)20(22)23/h9-13H,2-8,14H2,1H3. The van der Waals surface area contributed by atoms with Crippen molar-refractivity contribution in [1.82, 2.24) is 0 Å². The Labute approximate surface area is 147 Å². The van der Waals surface area contributed by atoms with E-state index in [2.05, 4.69) is 41.1 Å². The van der Waals surface area contributed by atoms with Crippen LogP contribution >= 0.6 is 15.9 Å². The van der Waals surface area contributed by atoms with Crippen molar-refractivity contribution in [2.75, 3.05) is 11.4 Å². The van der Waals surface area contributed by atoms with Crippen LogP contribution in [0.3, 0.4) is 0 Å². The molecule has 1 amide bonds. The van der Waals surface area contributed by atoms with Crippen LogP contribution in [0.2, 0.25) is 0 Å². The molecule has 1 aliphatic heterocycles. The van der Waals surface area contributed by atoms with E-state index in [1.807, 2.05) is 17.0 Å². The quantitative estimate of drug-likeness (QED) is 0.496. The minimum Gasteiger partial charge on any atom is -0.308 e. The van der Waals surface area contributed by atoms with Crippen LogP contribution in [-0.2, 0) is 0 Å². The Morgan fingerprint density at radius 2 is 1.70 bits per heavy atom. The maximum atomic E-state index is 12.7. The second kappa shape index (κ2) is 7.48. The SMILES string of the molecule is CCCCCCCCCN1C(=O)c2cccc3c(Br)ccc1c23. The average molecular weight is 374 g/mol. The van der Waals surface area contributed by atoms with Gasteiger partial charge >= 0.3 is 0 Å². The third-order valence-corrected chi connectivity index (χ3v) is 5.41. The average Bonchev–Trinajstić information content (AvgIpc) is 2.84. The zero-order valence-corrected chi connectivity index (χ0v) is 15.4. The molecule has 2 nitrogen and oxygen atoms in total. The minimum atomic E-state index is 0.162. The fourth-order valence-corrected chi connectivity index (χ4v) is 3.92. The number of carbonyl (C=O) groups is 1. The number of hydrogen-bond acceptors (Lipinski definition) is 1. The predicted octanol–water partition coefficient (Wildman–Crippen LogP) is 6.31. The van der Waals surface area contributed by atoms with Gasteiger partial charge in [-0.2, -0.15) is 0 Å². The van der Waals surface area contributed by atoms with Crippen molar-refractivity contribution < 1.29 is 4.79 Å². The van der Waals surface area contributed by atoms with Gasteiger partial charge in [0.25, 0.3) is 5.91 Å². The second-order valence-corrected chi connectivity index (χ2v) is 7.23. The molecule has 2 aromatic carbocycles. The Balaban J connectivity index is 1.65. The number of nitrogens with zero attached hydrogens (tertiary/aromatic N) is 1. The van der Waals surface area contributed by atoms with Crippen LogP contribution in [0, 0.1) is 0 Å². The van der Waals surface area contributed by atoms with Crippen LogP contribution in [0.4, 0.5) is 5.69 Å². The van der Waals surface area contributed by atoms with Crippen molar-refractivity contribution in [3.05, 3.63) is 40.4 Å². The number of unbranched alkanes of at least 4 members (excludes halogenated alkanes) is 6. The van der Waals surface area contributed by atoms with Crippen molar-refractivity contribution >= 4 is 38.3 Å². The number of hydrogen-bond donors (Lipinski definition) is 0. The molecule has 23 heavy (non-hydrogen) atoms. The van der Waals surface area contributed by atoms with Gasteiger partial charge in [0.2, 0.25) is 0 Å². The van der Waals surface area contributed by atoms with Gasteiger partial charge in [0.1, 0.15) is 0 Å². The number of benzene rings is 2. The molecule has 0 N–H and O–H groups in total. The molecule has 1 aliphatic rings. The van der Waals surface area contributed by atoms with E-state index >= 15 is 0 Å². The summed E-state index contributed by atoms with van der Waals surface area (Å²) < 4.78 is 1.06. The van der Waals surface area contributed by atoms with Crippen LogP contribution in [0.1, 0.15) is 62.2 Å². The maximum absolute atomic E-state index is 12.7. The van der Waals surface area contributed by atoms with E-state index < -0.39 is 0 Å². The third kappa shape index (κ3) is 3.30. The summed E-state index contributed by atoms with van der Waals surface area (Å²) in [5, 5.41) is 2.24. The van der Waals surface area contributed by atoms with Gasteiger partial charge in [0, 0.05) is 22.0 Å². The van der Waals surface area contributed by atoms with E-state index in [9.17, 15) is 4.79 Å². The van der Waals surface area contributed by atoms with Gasteiger partial charge in [0.15, 0.2) is 0 Å². The summed E-state index contributed by atoms with van der Waals surface area (Å²) >= 11 is 3.60. The number of amides is 1. The number of halogens is 1. The van der Waals surface area contributed by atoms with Crippen molar-refractivity contribution in [3.8, 4) is 0 Å². The summed E-state index contributed by atoms with van der Waals surface area (Å²) in [7, 11) is 0. The summed E-state index contributed by atoms with van der Waals surface area (Å²) in [4.78, 5) is 14.7. The molecule has 3 heteroatoms. The van der Waals surface area contributed by atoms with Crippen LogP contribution in [0.5, 0.6) is 0 Å². The first kappa shape index (κ1) is 16.5. The molecule has 122 valence electrons. The molecule has 0 aliphatic carbocycles. The first-order chi connectivity index (χ1) is 11.2. The Morgan fingerprint density at radius 1 is 0.957 bits per heavy atom. The van der Waals surface area contributed by atoms with Gasteiger partial charge in [-0.3, -0.25) is 4.79 Å². The van der Waals surface area contributed by atoms with Gasteiger partial charge in [-0.1, -0.05) is 73.5 Å². The lowest BCUT2D eigenvalue weighted by molar-refractivity contribution is 0.0992. The molecule has 1 heterocycles. The summed E-state index contributed by atoms with van der Waals surface area (Å²) in [5.41, 5.74) is 1.93. The van der Waals surface area contributed by atoms with E-state index in [0.717, 1.165) is 39.5 Å². The molecule has 0 radical (unpaired) electrons. The number of rotatable bonds is 8. The first-order valence-electron chi connectivity index (χ1n) is 8.77. The minimum absolute atomic E-state index is 0.162. The Morgan fingerprint density at radius 3 is 2.48 bits per heavy atom. The summed E-state index contributed by atoms with van der Waals surface area (Å²) in [6, 6.07) is 10.1. The maximum Gasteiger partial charge on any atom is 0.258 e. The van der Waals surface area contributed by atoms with Crippen molar-refractivity contribution in [2.45, 2.75) is 51.9 Å². The van der Waals surface area contributed by atoms with Gasteiger partial charge in [0.05, 0.1) is 5.69 Å². The van der Waals surface area contributed by atoms with Gasteiger partial charge in [-0.05, 0) is 30.0 Å². The highest BCUT2D eigenvalue weighted by molar-refractivity contribution is 9.10. The lowest BCUT2D eigenvalue weighted by Crippen LogP contribution is -2.27. The second-order valence-electron chi connectivity index (χ2n) is 6.37. The van der Waals surface area contributed by atoms with Crippen LogP contribution in [0.25, 0.3) is 10.8 Å². The Hall–Kier alpha value is -1.35. The summed E-state index contributed by atoms with van der Waals surface area (Å²) in [6.07, 6.45) is 8.89. The lowest BCUT2D eigenvalue weighted by atomic mass is 10.1. The largest absolute Gasteiger partial charge is 0.308 e. The monoisotopic (exact) mass is 373 g/mol. The highest BCUT2D eigenvalue weighted by Gasteiger charge is 2.29. The number of anilines is 1. The molecule has 0 aromatic heterocycles. The molecule has 0 spiro atoms. The fraction of sp³-hybridized carbons (Fsp3) is 0.450. The smallest absolute Gasteiger partial charge is 0.258 e. The van der Waals surface area contributed by atoms with Crippen molar-refractivity contribution in [1.29, 1.82) is 0 Å². The van der Waals surface area contributed by atoms with E-state index in [1.165, 1.54) is 38.5 Å². The van der Waals surface area contributed by atoms with E-state index in [4.69, 9.17) is 0 Å². The van der Waals surface area contributed by atoms with Crippen LogP contribution in [-0.4, -0.2) is 12.5 Å². The van der Waals surface area contributed by atoms with E-state index in [1.54, 1.807) is 0 Å². The first-order valence-corrected chi connectivity index (χ1v) is 9.56.